The summed E-state index contributed by atoms with van der Waals surface area (Å²) < 4.78 is 0. The monoisotopic (exact) mass is 117 g/mol. The molecule has 0 aromatic heterocycles. The van der Waals surface area contributed by atoms with Gasteiger partial charge in [-0.3, -0.25) is 0 Å². The molecule has 0 aromatic rings. The van der Waals surface area contributed by atoms with Gasteiger partial charge in [-0.15, -0.1) is 12.6 Å². The molecule has 0 saturated carbocycles. The molecule has 0 radical (unpaired) electrons. The molecule has 0 fully saturated rings. The molecule has 0 aliphatic carbocycles. The lowest BCUT2D eigenvalue weighted by molar-refractivity contribution is 0.803. The highest BCUT2D eigenvalue weighted by Gasteiger charge is 1.77. The van der Waals surface area contributed by atoms with E-state index in [1.54, 1.807) is 0 Å². The average Bonchev–Trinajstić information content (AvgIpc) is 1.61. The van der Waals surface area contributed by atoms with Crippen LogP contribution in [0.1, 0.15) is 13.3 Å². The number of thiol groups is 1. The van der Waals surface area contributed by atoms with Crippen molar-refractivity contribution in [3.8, 4) is 0 Å². The number of rotatable bonds is 3. The smallest absolute Gasteiger partial charge is 0.0577 e. The van der Waals surface area contributed by atoms with E-state index in [0.717, 1.165) is 18.0 Å². The Labute approximate surface area is 50.2 Å². The number of hydrogen-bond acceptors (Lipinski definition) is 2. The van der Waals surface area contributed by atoms with Crippen molar-refractivity contribution in [1.82, 2.24) is 5.32 Å². The molecule has 0 amide bonds. The summed E-state index contributed by atoms with van der Waals surface area (Å²) in [6.07, 6.45) is 1.12. The van der Waals surface area contributed by atoms with Gasteiger partial charge >= 0.3 is 0 Å². The van der Waals surface area contributed by atoms with Crippen molar-refractivity contribution in [2.75, 3.05) is 6.54 Å². The first kappa shape index (κ1) is 6.89. The SMILES string of the molecule is C=C(S)NCCC. The van der Waals surface area contributed by atoms with Crippen LogP contribution in [0.2, 0.25) is 0 Å². The molecule has 0 unspecified atom stereocenters. The predicted octanol–water partition coefficient (Wildman–Crippen LogP) is 1.39. The molecule has 42 valence electrons. The summed E-state index contributed by atoms with van der Waals surface area (Å²) in [6, 6.07) is 0. The fourth-order valence-electron chi connectivity index (χ4n) is 0.269. The lowest BCUT2D eigenvalue weighted by Crippen LogP contribution is -2.08. The minimum atomic E-state index is 0.752. The lowest BCUT2D eigenvalue weighted by Gasteiger charge is -1.97. The number of hydrogen-bond donors (Lipinski definition) is 2. The summed E-state index contributed by atoms with van der Waals surface area (Å²) in [4.78, 5) is 0. The Kier molecular flexibility index (Phi) is 4.00. The molecule has 0 rings (SSSR count). The maximum absolute atomic E-state index is 3.93. The van der Waals surface area contributed by atoms with E-state index in [2.05, 4.69) is 31.4 Å². The maximum atomic E-state index is 3.93. The summed E-state index contributed by atoms with van der Waals surface area (Å²) in [7, 11) is 0. The van der Waals surface area contributed by atoms with Crippen molar-refractivity contribution < 1.29 is 0 Å². The maximum Gasteiger partial charge on any atom is 0.0577 e. The molecule has 0 saturated heterocycles. The van der Waals surface area contributed by atoms with Gasteiger partial charge in [0.05, 0.1) is 5.03 Å². The number of nitrogens with one attached hydrogen (secondary N) is 1. The van der Waals surface area contributed by atoms with E-state index in [-0.39, 0.29) is 0 Å². The first-order valence-corrected chi connectivity index (χ1v) is 2.84. The topological polar surface area (TPSA) is 12.0 Å². The molecule has 0 aliphatic heterocycles. The quantitative estimate of drug-likeness (QED) is 0.532. The minimum absolute atomic E-state index is 0.752. The highest BCUT2D eigenvalue weighted by atomic mass is 32.1. The van der Waals surface area contributed by atoms with Crippen LogP contribution in [-0.4, -0.2) is 6.54 Å². The molecule has 1 nitrogen and oxygen atoms in total. The molecule has 0 heterocycles. The molecule has 7 heavy (non-hydrogen) atoms. The van der Waals surface area contributed by atoms with Crippen LogP contribution in [0.15, 0.2) is 11.6 Å². The van der Waals surface area contributed by atoms with Crippen molar-refractivity contribution in [2.45, 2.75) is 13.3 Å². The van der Waals surface area contributed by atoms with Crippen LogP contribution in [0, 0.1) is 0 Å². The zero-order chi connectivity index (χ0) is 5.70. The van der Waals surface area contributed by atoms with E-state index in [1.165, 1.54) is 0 Å². The Bertz CT molecular complexity index is 61.1. The predicted molar refractivity (Wildman–Crippen MR) is 36.4 cm³/mol. The third kappa shape index (κ3) is 5.89. The zero-order valence-electron chi connectivity index (χ0n) is 4.57. The summed E-state index contributed by atoms with van der Waals surface area (Å²) in [5.41, 5.74) is 0. The minimum Gasteiger partial charge on any atom is -0.381 e. The molecule has 0 spiro atoms. The molecule has 0 bridgehead atoms. The third-order valence-corrected chi connectivity index (χ3v) is 0.737. The second-order valence-electron chi connectivity index (χ2n) is 1.37. The Hall–Kier alpha value is -0.110. The van der Waals surface area contributed by atoms with Gasteiger partial charge in [0, 0.05) is 6.54 Å². The molecule has 1 N–H and O–H groups in total. The van der Waals surface area contributed by atoms with Gasteiger partial charge in [-0.2, -0.15) is 0 Å². The van der Waals surface area contributed by atoms with Gasteiger partial charge in [-0.25, -0.2) is 0 Å². The van der Waals surface area contributed by atoms with Crippen molar-refractivity contribution in [1.29, 1.82) is 0 Å². The highest BCUT2D eigenvalue weighted by molar-refractivity contribution is 7.84. The Morgan fingerprint density at radius 3 is 2.57 bits per heavy atom. The Morgan fingerprint density at radius 2 is 2.43 bits per heavy atom. The van der Waals surface area contributed by atoms with E-state index in [9.17, 15) is 0 Å². The Balaban J connectivity index is 2.82. The van der Waals surface area contributed by atoms with Gasteiger partial charge in [0.2, 0.25) is 0 Å². The van der Waals surface area contributed by atoms with Crippen LogP contribution in [0.4, 0.5) is 0 Å². The van der Waals surface area contributed by atoms with Crippen molar-refractivity contribution >= 4 is 12.6 Å². The van der Waals surface area contributed by atoms with E-state index in [4.69, 9.17) is 0 Å². The molecular formula is C5H11NS. The largest absolute Gasteiger partial charge is 0.381 e. The van der Waals surface area contributed by atoms with Crippen LogP contribution in [0.3, 0.4) is 0 Å². The van der Waals surface area contributed by atoms with Crippen LogP contribution in [0.25, 0.3) is 0 Å². The summed E-state index contributed by atoms with van der Waals surface area (Å²) in [6.45, 7) is 6.62. The van der Waals surface area contributed by atoms with E-state index >= 15 is 0 Å². The molecular weight excluding hydrogens is 106 g/mol. The van der Waals surface area contributed by atoms with Crippen LogP contribution < -0.4 is 5.32 Å². The van der Waals surface area contributed by atoms with Gasteiger partial charge in [-0.05, 0) is 6.42 Å². The van der Waals surface area contributed by atoms with E-state index in [1.807, 2.05) is 0 Å². The first-order valence-electron chi connectivity index (χ1n) is 2.39. The van der Waals surface area contributed by atoms with Gasteiger partial charge in [0.1, 0.15) is 0 Å². The van der Waals surface area contributed by atoms with Crippen LogP contribution in [-0.2, 0) is 0 Å². The molecule has 2 heteroatoms. The fraction of sp³-hybridized carbons (Fsp3) is 0.600. The normalized spacial score (nSPS) is 8.29. The third-order valence-electron chi connectivity index (χ3n) is 0.579. The van der Waals surface area contributed by atoms with E-state index in [0.29, 0.717) is 0 Å². The summed E-state index contributed by atoms with van der Waals surface area (Å²) >= 11 is 3.93. The Morgan fingerprint density at radius 1 is 1.86 bits per heavy atom. The highest BCUT2D eigenvalue weighted by Crippen LogP contribution is 1.86. The second kappa shape index (κ2) is 4.06. The molecule has 0 atom stereocenters. The van der Waals surface area contributed by atoms with Gasteiger partial charge < -0.3 is 5.32 Å². The van der Waals surface area contributed by atoms with Crippen molar-refractivity contribution in [2.24, 2.45) is 0 Å². The summed E-state index contributed by atoms with van der Waals surface area (Å²) in [5, 5.41) is 3.72. The van der Waals surface area contributed by atoms with Crippen LogP contribution >= 0.6 is 12.6 Å². The summed E-state index contributed by atoms with van der Waals surface area (Å²) in [5.74, 6) is 0. The first-order chi connectivity index (χ1) is 3.27. The lowest BCUT2D eigenvalue weighted by atomic mass is 10.5. The van der Waals surface area contributed by atoms with Crippen molar-refractivity contribution in [3.05, 3.63) is 11.6 Å². The van der Waals surface area contributed by atoms with E-state index < -0.39 is 0 Å². The average molecular weight is 117 g/mol. The van der Waals surface area contributed by atoms with Crippen LogP contribution in [0.5, 0.6) is 0 Å². The standard InChI is InChI=1S/C5H11NS/c1-3-4-6-5(2)7/h6-7H,2-4H2,1H3. The molecule has 0 aromatic carbocycles. The van der Waals surface area contributed by atoms with Gasteiger partial charge in [0.15, 0.2) is 0 Å². The fourth-order valence-corrected chi connectivity index (χ4v) is 0.381. The zero-order valence-corrected chi connectivity index (χ0v) is 5.46. The van der Waals surface area contributed by atoms with Gasteiger partial charge in [0.25, 0.3) is 0 Å². The van der Waals surface area contributed by atoms with Crippen molar-refractivity contribution in [3.63, 3.8) is 0 Å². The van der Waals surface area contributed by atoms with Gasteiger partial charge in [-0.1, -0.05) is 13.5 Å². The second-order valence-corrected chi connectivity index (χ2v) is 1.91. The molecule has 0 aliphatic rings.